The maximum Gasteiger partial charge on any atom is 0.170 e. The summed E-state index contributed by atoms with van der Waals surface area (Å²) in [6.45, 7) is 10.7. The van der Waals surface area contributed by atoms with Crippen molar-refractivity contribution in [1.82, 2.24) is 0 Å². The maximum absolute atomic E-state index is 15.6. The second-order valence-electron chi connectivity index (χ2n) is 14.5. The number of hydrogen-bond donors (Lipinski definition) is 0. The van der Waals surface area contributed by atoms with Crippen molar-refractivity contribution in [3.63, 3.8) is 0 Å². The van der Waals surface area contributed by atoms with E-state index in [0.717, 1.165) is 18.4 Å². The van der Waals surface area contributed by atoms with E-state index in [2.05, 4.69) is 20.8 Å². The molecule has 300 valence electrons. The van der Waals surface area contributed by atoms with E-state index in [4.69, 9.17) is 9.47 Å². The Bertz CT molecular complexity index is 2220. The lowest BCUT2D eigenvalue weighted by Gasteiger charge is -2.16. The molecule has 1 unspecified atom stereocenters. The quantitative estimate of drug-likeness (QED) is 0.0597. The van der Waals surface area contributed by atoms with Crippen LogP contribution in [0.2, 0.25) is 0 Å². The molecule has 0 N–H and O–H groups in total. The first kappa shape index (κ1) is 42.8. The minimum Gasteiger partial charge on any atom is -0.496 e. The molecule has 1 atom stereocenters. The third-order valence-corrected chi connectivity index (χ3v) is 9.83. The van der Waals surface area contributed by atoms with Crippen LogP contribution in [0.25, 0.3) is 51.6 Å². The van der Waals surface area contributed by atoms with E-state index in [0.29, 0.717) is 46.6 Å². The first-order chi connectivity index (χ1) is 27.2. The fourth-order valence-corrected chi connectivity index (χ4v) is 6.60. The molecule has 0 saturated heterocycles. The molecule has 5 aromatic rings. The zero-order valence-corrected chi connectivity index (χ0v) is 32.6. The Kier molecular flexibility index (Phi) is 14.0. The third kappa shape index (κ3) is 9.43. The van der Waals surface area contributed by atoms with Gasteiger partial charge < -0.3 is 9.47 Å². The number of hydrogen-bond acceptors (Lipinski definition) is 2. The summed E-state index contributed by atoms with van der Waals surface area (Å²) in [5, 5.41) is 0. The van der Waals surface area contributed by atoms with Crippen LogP contribution in [-0.4, -0.2) is 13.7 Å². The van der Waals surface area contributed by atoms with E-state index in [-0.39, 0.29) is 11.1 Å². The highest BCUT2D eigenvalue weighted by atomic mass is 19.2. The Balaban J connectivity index is 1.42. The van der Waals surface area contributed by atoms with Crippen LogP contribution in [0.1, 0.15) is 75.6 Å². The lowest BCUT2D eigenvalue weighted by molar-refractivity contribution is 0.275. The summed E-state index contributed by atoms with van der Waals surface area (Å²) < 4.78 is 135. The van der Waals surface area contributed by atoms with Gasteiger partial charge in [-0.2, -0.15) is 0 Å². The Morgan fingerprint density at radius 1 is 0.544 bits per heavy atom. The highest BCUT2D eigenvalue weighted by Crippen LogP contribution is 2.42. The fourth-order valence-electron chi connectivity index (χ4n) is 6.60. The van der Waals surface area contributed by atoms with Gasteiger partial charge >= 0.3 is 0 Å². The van der Waals surface area contributed by atoms with E-state index in [1.807, 2.05) is 31.2 Å². The highest BCUT2D eigenvalue weighted by Gasteiger charge is 2.34. The molecule has 0 fully saturated rings. The predicted molar refractivity (Wildman–Crippen MR) is 212 cm³/mol. The van der Waals surface area contributed by atoms with Crippen LogP contribution in [-0.2, 0) is 0 Å². The molecular formula is C47H44F8O2. The SMILES string of the molecule is C/C=C/c1cc(OC)c(/C=C/c2ccc(-c3c(F)c(F)c(-c4c(F)c(F)c(-c5ccc(C)cc5)c(F)c4F)c(F)c3F)cc2)cc1OCCC(C)CCCC(C)C. The number of benzene rings is 5. The molecule has 0 heterocycles. The molecule has 0 aliphatic heterocycles. The summed E-state index contributed by atoms with van der Waals surface area (Å²) in [6, 6.07) is 14.2. The van der Waals surface area contributed by atoms with Gasteiger partial charge in [0.2, 0.25) is 0 Å². The van der Waals surface area contributed by atoms with Crippen molar-refractivity contribution in [2.45, 2.75) is 60.3 Å². The molecule has 0 spiro atoms. The minimum absolute atomic E-state index is 0.268. The zero-order valence-electron chi connectivity index (χ0n) is 32.6. The van der Waals surface area contributed by atoms with Crippen LogP contribution in [0.3, 0.4) is 0 Å². The Morgan fingerprint density at radius 3 is 1.47 bits per heavy atom. The van der Waals surface area contributed by atoms with Gasteiger partial charge in [0.1, 0.15) is 11.5 Å². The van der Waals surface area contributed by atoms with Gasteiger partial charge in [-0.25, -0.2) is 35.1 Å². The molecule has 57 heavy (non-hydrogen) atoms. The molecule has 10 heteroatoms. The van der Waals surface area contributed by atoms with Crippen molar-refractivity contribution in [1.29, 1.82) is 0 Å². The van der Waals surface area contributed by atoms with Crippen LogP contribution in [0, 0.1) is 65.3 Å². The van der Waals surface area contributed by atoms with E-state index in [1.165, 1.54) is 68.5 Å². The van der Waals surface area contributed by atoms with Gasteiger partial charge in [0.05, 0.1) is 36.0 Å². The molecule has 5 aromatic carbocycles. The topological polar surface area (TPSA) is 18.5 Å². The molecular weight excluding hydrogens is 748 g/mol. The normalized spacial score (nSPS) is 12.3. The van der Waals surface area contributed by atoms with Crippen molar-refractivity contribution in [3.8, 4) is 44.9 Å². The number of methoxy groups -OCH3 is 1. The van der Waals surface area contributed by atoms with Gasteiger partial charge in [-0.05, 0) is 60.9 Å². The standard InChI is InChI=1S/C47H44F8O2/c1-7-9-32-24-34(56-6)33(25-35(32)57-23-22-27(4)11-8-10-26(2)3)21-16-29-14-19-31(20-15-29)37-42(50)46(54)39(47(55)43(37)51)38-44(52)40(48)36(41(49)45(38)53)30-17-12-28(5)13-18-30/h7,9,12-21,24-27H,8,10-11,22-23H2,1-6H3/b9-7+,21-16+. The Labute approximate surface area is 328 Å². The van der Waals surface area contributed by atoms with Crippen LogP contribution in [0.5, 0.6) is 11.5 Å². The van der Waals surface area contributed by atoms with Crippen LogP contribution >= 0.6 is 0 Å². The van der Waals surface area contributed by atoms with Crippen LogP contribution < -0.4 is 9.47 Å². The van der Waals surface area contributed by atoms with Gasteiger partial charge in [-0.1, -0.05) is 118 Å². The Hall–Kier alpha value is -5.38. The number of allylic oxidation sites excluding steroid dienone is 1. The monoisotopic (exact) mass is 792 g/mol. The van der Waals surface area contributed by atoms with Gasteiger partial charge in [-0.3, -0.25) is 0 Å². The summed E-state index contributed by atoms with van der Waals surface area (Å²) in [5.74, 6) is -14.6. The first-order valence-electron chi connectivity index (χ1n) is 18.7. The number of rotatable bonds is 15. The van der Waals surface area contributed by atoms with Gasteiger partial charge in [0, 0.05) is 11.1 Å². The maximum atomic E-state index is 15.6. The average Bonchev–Trinajstić information content (AvgIpc) is 3.18. The van der Waals surface area contributed by atoms with Crippen molar-refractivity contribution >= 4 is 18.2 Å². The molecule has 5 rings (SSSR count). The fraction of sp³-hybridized carbons (Fsp3) is 0.277. The van der Waals surface area contributed by atoms with E-state index in [9.17, 15) is 0 Å². The van der Waals surface area contributed by atoms with E-state index in [1.54, 1.807) is 19.1 Å². The summed E-state index contributed by atoms with van der Waals surface area (Å²) in [6.07, 6.45) is 11.6. The summed E-state index contributed by atoms with van der Waals surface area (Å²) in [5.41, 5.74) is -4.06. The molecule has 0 radical (unpaired) electrons. The second-order valence-corrected chi connectivity index (χ2v) is 14.5. The molecule has 2 nitrogen and oxygen atoms in total. The lowest BCUT2D eigenvalue weighted by Crippen LogP contribution is -2.09. The summed E-state index contributed by atoms with van der Waals surface area (Å²) in [7, 11) is 1.53. The molecule has 0 amide bonds. The Morgan fingerprint density at radius 2 is 1.00 bits per heavy atom. The number of aryl methyl sites for hydroxylation is 1. The van der Waals surface area contributed by atoms with E-state index >= 15 is 35.1 Å². The number of halogens is 8. The summed E-state index contributed by atoms with van der Waals surface area (Å²) >= 11 is 0. The lowest BCUT2D eigenvalue weighted by atomic mass is 9.93. The molecule has 0 bridgehead atoms. The number of ether oxygens (including phenoxy) is 2. The van der Waals surface area contributed by atoms with Crippen LogP contribution in [0.4, 0.5) is 35.1 Å². The third-order valence-electron chi connectivity index (χ3n) is 9.83. The molecule has 0 aliphatic rings. The van der Waals surface area contributed by atoms with Gasteiger partial charge in [0.15, 0.2) is 46.5 Å². The molecule has 0 aliphatic carbocycles. The van der Waals surface area contributed by atoms with Crippen molar-refractivity contribution in [2.24, 2.45) is 11.8 Å². The largest absolute Gasteiger partial charge is 0.496 e. The summed E-state index contributed by atoms with van der Waals surface area (Å²) in [4.78, 5) is 0. The smallest absolute Gasteiger partial charge is 0.170 e. The van der Waals surface area contributed by atoms with Crippen molar-refractivity contribution in [3.05, 3.63) is 136 Å². The molecule has 0 saturated carbocycles. The van der Waals surface area contributed by atoms with E-state index < -0.39 is 68.8 Å². The second kappa shape index (κ2) is 18.7. The zero-order chi connectivity index (χ0) is 41.6. The molecule has 0 aromatic heterocycles. The minimum atomic E-state index is -2.24. The van der Waals surface area contributed by atoms with Gasteiger partial charge in [0.25, 0.3) is 0 Å². The van der Waals surface area contributed by atoms with Crippen molar-refractivity contribution in [2.75, 3.05) is 13.7 Å². The van der Waals surface area contributed by atoms with Crippen molar-refractivity contribution < 1.29 is 44.6 Å². The van der Waals surface area contributed by atoms with Gasteiger partial charge in [-0.15, -0.1) is 0 Å². The first-order valence-corrected chi connectivity index (χ1v) is 18.7. The van der Waals surface area contributed by atoms with Crippen LogP contribution in [0.15, 0.2) is 66.7 Å². The highest BCUT2D eigenvalue weighted by molar-refractivity contribution is 5.79. The average molecular weight is 793 g/mol. The predicted octanol–water partition coefficient (Wildman–Crippen LogP) is 14.6.